The van der Waals surface area contributed by atoms with Crippen molar-refractivity contribution < 1.29 is 17.5 Å². The molecule has 0 aliphatic carbocycles. The Balaban J connectivity index is 1.69. The number of sulfone groups is 1. The second kappa shape index (κ2) is 9.88. The quantitative estimate of drug-likeness (QED) is 0.176. The van der Waals surface area contributed by atoms with Gasteiger partial charge in [-0.3, -0.25) is 0 Å². The molecule has 2 heterocycles. The molecule has 0 radical (unpaired) electrons. The lowest BCUT2D eigenvalue weighted by atomic mass is 10.1. The van der Waals surface area contributed by atoms with Crippen LogP contribution in [-0.2, 0) is 21.3 Å². The SMILES string of the molecule is C[Si](C)(C)CCOCn1nc(-c2ccnc(F)c2)c2cc(Nc3cccc(S(C)(=O)=O)c3)ccc21. The number of ether oxygens (including phenoxy) is 1. The summed E-state index contributed by atoms with van der Waals surface area (Å²) in [6.45, 7) is 7.85. The number of hydrogen-bond donors (Lipinski definition) is 1. The summed E-state index contributed by atoms with van der Waals surface area (Å²) in [6, 6.07) is 16.5. The van der Waals surface area contributed by atoms with Gasteiger partial charge in [0.15, 0.2) is 9.84 Å². The Morgan fingerprint density at radius 2 is 1.83 bits per heavy atom. The zero-order valence-corrected chi connectivity index (χ0v) is 22.1. The molecule has 0 saturated carbocycles. The van der Waals surface area contributed by atoms with E-state index in [-0.39, 0.29) is 11.6 Å². The summed E-state index contributed by atoms with van der Waals surface area (Å²) in [7, 11) is -4.54. The fraction of sp³-hybridized carbons (Fsp3) is 0.280. The van der Waals surface area contributed by atoms with Gasteiger partial charge in [0.2, 0.25) is 5.95 Å². The van der Waals surface area contributed by atoms with Crippen molar-refractivity contribution in [2.24, 2.45) is 0 Å². The lowest BCUT2D eigenvalue weighted by molar-refractivity contribution is 0.0818. The molecule has 0 aliphatic rings. The summed E-state index contributed by atoms with van der Waals surface area (Å²) in [6.07, 6.45) is 2.59. The molecule has 7 nitrogen and oxygen atoms in total. The van der Waals surface area contributed by atoms with E-state index in [4.69, 9.17) is 9.84 Å². The summed E-state index contributed by atoms with van der Waals surface area (Å²) in [4.78, 5) is 3.89. The van der Waals surface area contributed by atoms with Crippen molar-refractivity contribution in [2.45, 2.75) is 37.3 Å². The molecule has 10 heteroatoms. The van der Waals surface area contributed by atoms with Gasteiger partial charge in [-0.05, 0) is 48.5 Å². The molecule has 0 fully saturated rings. The minimum atomic E-state index is -3.32. The molecule has 35 heavy (non-hydrogen) atoms. The highest BCUT2D eigenvalue weighted by molar-refractivity contribution is 7.90. The topological polar surface area (TPSA) is 86.1 Å². The summed E-state index contributed by atoms with van der Waals surface area (Å²) in [5.74, 6) is -0.580. The van der Waals surface area contributed by atoms with Gasteiger partial charge in [-0.15, -0.1) is 0 Å². The molecule has 4 aromatic rings. The fourth-order valence-electron chi connectivity index (χ4n) is 3.62. The van der Waals surface area contributed by atoms with Crippen LogP contribution in [0.25, 0.3) is 22.2 Å². The highest BCUT2D eigenvalue weighted by Gasteiger charge is 2.16. The molecular weight excluding hydrogens is 483 g/mol. The third kappa shape index (κ3) is 6.33. The standard InChI is InChI=1S/C25H29FN4O3SSi/c1-34(31,32)21-7-5-6-19(15-21)28-20-8-9-23-22(16-20)25(18-10-11-27-24(26)14-18)29-30(23)17-33-12-13-35(2,3)4/h5-11,14-16,28H,12-13,17H2,1-4H3. The average Bonchev–Trinajstić information content (AvgIpc) is 3.14. The number of hydrogen-bond acceptors (Lipinski definition) is 6. The molecule has 0 amide bonds. The molecule has 2 aromatic heterocycles. The third-order valence-corrected chi connectivity index (χ3v) is 8.33. The molecule has 1 N–H and O–H groups in total. The maximum Gasteiger partial charge on any atom is 0.213 e. The van der Waals surface area contributed by atoms with Crippen molar-refractivity contribution in [1.29, 1.82) is 0 Å². The van der Waals surface area contributed by atoms with E-state index in [0.29, 0.717) is 23.6 Å². The highest BCUT2D eigenvalue weighted by Crippen LogP contribution is 2.31. The van der Waals surface area contributed by atoms with E-state index in [0.717, 1.165) is 22.6 Å². The number of rotatable bonds is 9. The van der Waals surface area contributed by atoms with Crippen LogP contribution in [0.15, 0.2) is 65.7 Å². The van der Waals surface area contributed by atoms with Crippen LogP contribution in [0.2, 0.25) is 25.7 Å². The Kier molecular flexibility index (Phi) is 7.07. The minimum absolute atomic E-state index is 0.236. The number of halogens is 1. The molecule has 0 unspecified atom stereocenters. The van der Waals surface area contributed by atoms with Gasteiger partial charge < -0.3 is 10.1 Å². The van der Waals surface area contributed by atoms with E-state index in [9.17, 15) is 12.8 Å². The number of fused-ring (bicyclic) bond motifs is 1. The average molecular weight is 513 g/mol. The van der Waals surface area contributed by atoms with Gasteiger partial charge in [0, 0.05) is 55.5 Å². The summed E-state index contributed by atoms with van der Waals surface area (Å²) < 4.78 is 45.4. The lowest BCUT2D eigenvalue weighted by Crippen LogP contribution is -2.22. The van der Waals surface area contributed by atoms with E-state index in [1.165, 1.54) is 18.5 Å². The Bertz CT molecular complexity index is 1470. The van der Waals surface area contributed by atoms with E-state index in [1.807, 2.05) is 18.2 Å². The van der Waals surface area contributed by atoms with E-state index >= 15 is 0 Å². The number of nitrogens with one attached hydrogen (secondary N) is 1. The number of benzene rings is 2. The molecule has 0 atom stereocenters. The summed E-state index contributed by atoms with van der Waals surface area (Å²) in [5.41, 5.74) is 3.47. The van der Waals surface area contributed by atoms with Gasteiger partial charge in [0.25, 0.3) is 0 Å². The van der Waals surface area contributed by atoms with Crippen LogP contribution in [0.5, 0.6) is 0 Å². The second-order valence-corrected chi connectivity index (χ2v) is 17.4. The first-order valence-corrected chi connectivity index (χ1v) is 16.9. The van der Waals surface area contributed by atoms with Crippen LogP contribution in [0, 0.1) is 5.95 Å². The van der Waals surface area contributed by atoms with Gasteiger partial charge in [-0.2, -0.15) is 9.49 Å². The second-order valence-electron chi connectivity index (χ2n) is 9.72. The Labute approximate surface area is 205 Å². The highest BCUT2D eigenvalue weighted by atomic mass is 32.2. The zero-order chi connectivity index (χ0) is 25.2. The van der Waals surface area contributed by atoms with E-state index < -0.39 is 23.9 Å². The van der Waals surface area contributed by atoms with Crippen LogP contribution < -0.4 is 5.32 Å². The predicted molar refractivity (Wildman–Crippen MR) is 140 cm³/mol. The van der Waals surface area contributed by atoms with Crippen molar-refractivity contribution in [3.8, 4) is 11.3 Å². The van der Waals surface area contributed by atoms with E-state index in [2.05, 4.69) is 29.9 Å². The van der Waals surface area contributed by atoms with Gasteiger partial charge in [-0.25, -0.2) is 18.1 Å². The van der Waals surface area contributed by atoms with Crippen molar-refractivity contribution in [3.05, 3.63) is 66.7 Å². The normalized spacial score (nSPS) is 12.3. The number of pyridine rings is 1. The molecule has 2 aromatic carbocycles. The molecule has 0 bridgehead atoms. The van der Waals surface area contributed by atoms with Crippen LogP contribution in [-0.4, -0.2) is 44.1 Å². The Morgan fingerprint density at radius 1 is 1.06 bits per heavy atom. The minimum Gasteiger partial charge on any atom is -0.360 e. The Morgan fingerprint density at radius 3 is 2.54 bits per heavy atom. The number of aromatic nitrogens is 3. The van der Waals surface area contributed by atoms with Gasteiger partial charge in [-0.1, -0.05) is 25.7 Å². The summed E-state index contributed by atoms with van der Waals surface area (Å²) in [5, 5.41) is 8.81. The maximum atomic E-state index is 13.9. The first-order chi connectivity index (χ1) is 16.5. The first-order valence-electron chi connectivity index (χ1n) is 11.3. The summed E-state index contributed by atoms with van der Waals surface area (Å²) >= 11 is 0. The van der Waals surface area contributed by atoms with Crippen LogP contribution in [0.4, 0.5) is 15.8 Å². The predicted octanol–water partition coefficient (Wildman–Crippen LogP) is 5.70. The molecule has 0 saturated heterocycles. The van der Waals surface area contributed by atoms with Crippen molar-refractivity contribution in [1.82, 2.24) is 14.8 Å². The lowest BCUT2D eigenvalue weighted by Gasteiger charge is -2.15. The molecule has 0 spiro atoms. The van der Waals surface area contributed by atoms with Gasteiger partial charge in [0.1, 0.15) is 12.4 Å². The number of anilines is 2. The zero-order valence-electron chi connectivity index (χ0n) is 20.2. The number of nitrogens with zero attached hydrogens (tertiary/aromatic N) is 3. The van der Waals surface area contributed by atoms with Gasteiger partial charge in [0.05, 0.1) is 10.4 Å². The van der Waals surface area contributed by atoms with Crippen LogP contribution in [0.3, 0.4) is 0 Å². The molecular formula is C25H29FN4O3SSi. The smallest absolute Gasteiger partial charge is 0.213 e. The monoisotopic (exact) mass is 512 g/mol. The largest absolute Gasteiger partial charge is 0.360 e. The van der Waals surface area contributed by atoms with Gasteiger partial charge >= 0.3 is 0 Å². The molecule has 0 aliphatic heterocycles. The third-order valence-electron chi connectivity index (χ3n) is 5.51. The van der Waals surface area contributed by atoms with Crippen molar-refractivity contribution in [3.63, 3.8) is 0 Å². The van der Waals surface area contributed by atoms with Crippen molar-refractivity contribution in [2.75, 3.05) is 18.2 Å². The maximum absolute atomic E-state index is 13.9. The Hall–Kier alpha value is -3.08. The first kappa shape index (κ1) is 25.0. The van der Waals surface area contributed by atoms with E-state index in [1.54, 1.807) is 35.0 Å². The fourth-order valence-corrected chi connectivity index (χ4v) is 5.04. The molecule has 184 valence electrons. The van der Waals surface area contributed by atoms with Crippen LogP contribution >= 0.6 is 0 Å². The molecule has 4 rings (SSSR count). The van der Waals surface area contributed by atoms with Crippen molar-refractivity contribution >= 4 is 40.2 Å². The van der Waals surface area contributed by atoms with Crippen LogP contribution in [0.1, 0.15) is 0 Å².